The van der Waals surface area contributed by atoms with E-state index in [0.717, 1.165) is 24.3 Å². The second-order valence-electron chi connectivity index (χ2n) is 6.69. The van der Waals surface area contributed by atoms with Gasteiger partial charge < -0.3 is 9.64 Å². The van der Waals surface area contributed by atoms with Crippen LogP contribution in [0.2, 0.25) is 0 Å². The van der Waals surface area contributed by atoms with E-state index in [1.807, 2.05) is 31.2 Å². The van der Waals surface area contributed by atoms with Crippen LogP contribution in [0.5, 0.6) is 5.75 Å². The van der Waals surface area contributed by atoms with Gasteiger partial charge in [0.15, 0.2) is 0 Å². The van der Waals surface area contributed by atoms with Crippen LogP contribution in [0.3, 0.4) is 0 Å². The van der Waals surface area contributed by atoms with Gasteiger partial charge in [-0.3, -0.25) is 4.72 Å². The van der Waals surface area contributed by atoms with E-state index in [4.69, 9.17) is 4.74 Å². The number of ether oxygens (including phenoxy) is 1. The van der Waals surface area contributed by atoms with Crippen LogP contribution in [0.4, 0.5) is 11.4 Å². The van der Waals surface area contributed by atoms with Crippen molar-refractivity contribution in [3.05, 3.63) is 48.0 Å². The van der Waals surface area contributed by atoms with Crippen molar-refractivity contribution in [2.24, 2.45) is 0 Å². The molecule has 0 amide bonds. The fourth-order valence-electron chi connectivity index (χ4n) is 3.30. The number of sulfonamides is 1. The Hall–Kier alpha value is -2.21. The summed E-state index contributed by atoms with van der Waals surface area (Å²) in [5.74, 6) is 0.672. The predicted octanol–water partition coefficient (Wildman–Crippen LogP) is 4.18. The third-order valence-electron chi connectivity index (χ3n) is 4.77. The van der Waals surface area contributed by atoms with E-state index >= 15 is 0 Å². The van der Waals surface area contributed by atoms with Gasteiger partial charge in [-0.15, -0.1) is 0 Å². The topological polar surface area (TPSA) is 58.6 Å². The first-order valence-electron chi connectivity index (χ1n) is 9.02. The van der Waals surface area contributed by atoms with Crippen molar-refractivity contribution in [2.75, 3.05) is 29.8 Å². The summed E-state index contributed by atoms with van der Waals surface area (Å²) in [6.07, 6.45) is 5.00. The molecule has 3 rings (SSSR count). The zero-order chi connectivity index (χ0) is 18.6. The van der Waals surface area contributed by atoms with Crippen molar-refractivity contribution in [3.8, 4) is 5.75 Å². The number of nitrogens with zero attached hydrogens (tertiary/aromatic N) is 1. The number of hydrogen-bond donors (Lipinski definition) is 1. The molecule has 0 aromatic heterocycles. The van der Waals surface area contributed by atoms with Crippen molar-refractivity contribution in [1.82, 2.24) is 0 Å². The van der Waals surface area contributed by atoms with Gasteiger partial charge in [0.05, 0.1) is 12.0 Å². The monoisotopic (exact) mass is 374 g/mol. The van der Waals surface area contributed by atoms with E-state index in [0.29, 0.717) is 11.4 Å². The molecule has 0 spiro atoms. The van der Waals surface area contributed by atoms with Gasteiger partial charge in [-0.05, 0) is 67.8 Å². The van der Waals surface area contributed by atoms with Crippen molar-refractivity contribution < 1.29 is 13.2 Å². The molecule has 0 bridgehead atoms. The highest BCUT2D eigenvalue weighted by molar-refractivity contribution is 7.92. The minimum atomic E-state index is -3.62. The van der Waals surface area contributed by atoms with Crippen LogP contribution < -0.4 is 14.4 Å². The minimum Gasteiger partial charge on any atom is -0.496 e. The standard InChI is InChI=1S/C20H26N2O3S/c1-16-15-19(11-12-20(16)25-2)26(23,24)21-17-7-9-18(10-8-17)22-13-5-3-4-6-14-22/h7-12,15,21H,3-6,13-14H2,1-2H3. The zero-order valence-electron chi connectivity index (χ0n) is 15.4. The second kappa shape index (κ2) is 7.99. The summed E-state index contributed by atoms with van der Waals surface area (Å²) in [5, 5.41) is 0. The fraction of sp³-hybridized carbons (Fsp3) is 0.400. The molecule has 0 unspecified atom stereocenters. The molecule has 6 heteroatoms. The van der Waals surface area contributed by atoms with E-state index in [1.165, 1.54) is 25.7 Å². The molecule has 0 atom stereocenters. The van der Waals surface area contributed by atoms with Crippen molar-refractivity contribution >= 4 is 21.4 Å². The Morgan fingerprint density at radius 2 is 1.62 bits per heavy atom. The molecular weight excluding hydrogens is 348 g/mol. The highest BCUT2D eigenvalue weighted by atomic mass is 32.2. The molecule has 1 fully saturated rings. The molecule has 1 heterocycles. The van der Waals surface area contributed by atoms with Gasteiger partial charge in [-0.1, -0.05) is 12.8 Å². The van der Waals surface area contributed by atoms with E-state index < -0.39 is 10.0 Å². The summed E-state index contributed by atoms with van der Waals surface area (Å²) in [5.41, 5.74) is 2.50. The van der Waals surface area contributed by atoms with Crippen LogP contribution >= 0.6 is 0 Å². The van der Waals surface area contributed by atoms with Gasteiger partial charge in [0.1, 0.15) is 5.75 Å². The first kappa shape index (κ1) is 18.6. The quantitative estimate of drug-likeness (QED) is 0.853. The molecule has 140 valence electrons. The molecule has 0 radical (unpaired) electrons. The minimum absolute atomic E-state index is 0.229. The summed E-state index contributed by atoms with van der Waals surface area (Å²) in [6, 6.07) is 12.5. The predicted molar refractivity (Wildman–Crippen MR) is 106 cm³/mol. The zero-order valence-corrected chi connectivity index (χ0v) is 16.2. The molecular formula is C20H26N2O3S. The van der Waals surface area contributed by atoms with Crippen LogP contribution in [-0.2, 0) is 10.0 Å². The maximum Gasteiger partial charge on any atom is 0.261 e. The lowest BCUT2D eigenvalue weighted by Gasteiger charge is -2.22. The Balaban J connectivity index is 1.74. The van der Waals surface area contributed by atoms with E-state index in [2.05, 4.69) is 9.62 Å². The summed E-state index contributed by atoms with van der Waals surface area (Å²) >= 11 is 0. The summed E-state index contributed by atoms with van der Waals surface area (Å²) in [4.78, 5) is 2.60. The van der Waals surface area contributed by atoms with Gasteiger partial charge in [0.25, 0.3) is 10.0 Å². The normalized spacial score (nSPS) is 15.4. The van der Waals surface area contributed by atoms with E-state index in [9.17, 15) is 8.42 Å². The Kier molecular flexibility index (Phi) is 5.71. The Morgan fingerprint density at radius 1 is 0.962 bits per heavy atom. The maximum absolute atomic E-state index is 12.6. The average Bonchev–Trinajstić information content (AvgIpc) is 2.91. The molecule has 1 saturated heterocycles. The Morgan fingerprint density at radius 3 is 2.19 bits per heavy atom. The molecule has 26 heavy (non-hydrogen) atoms. The van der Waals surface area contributed by atoms with Crippen LogP contribution in [0.1, 0.15) is 31.2 Å². The molecule has 1 aliphatic rings. The van der Waals surface area contributed by atoms with Crippen LogP contribution in [0.15, 0.2) is 47.4 Å². The van der Waals surface area contributed by atoms with Gasteiger partial charge in [-0.2, -0.15) is 0 Å². The van der Waals surface area contributed by atoms with Gasteiger partial charge in [0, 0.05) is 24.5 Å². The highest BCUT2D eigenvalue weighted by Crippen LogP contribution is 2.25. The van der Waals surface area contributed by atoms with Crippen molar-refractivity contribution in [1.29, 1.82) is 0 Å². The average molecular weight is 375 g/mol. The number of benzene rings is 2. The molecule has 1 aliphatic heterocycles. The molecule has 0 saturated carbocycles. The van der Waals surface area contributed by atoms with Crippen LogP contribution in [0.25, 0.3) is 0 Å². The third kappa shape index (κ3) is 4.30. The third-order valence-corrected chi connectivity index (χ3v) is 6.15. The Labute approximate surface area is 156 Å². The molecule has 2 aromatic rings. The van der Waals surface area contributed by atoms with Gasteiger partial charge in [-0.25, -0.2) is 8.42 Å². The van der Waals surface area contributed by atoms with Crippen molar-refractivity contribution in [2.45, 2.75) is 37.5 Å². The summed E-state index contributed by atoms with van der Waals surface area (Å²) in [7, 11) is -2.05. The lowest BCUT2D eigenvalue weighted by atomic mass is 10.2. The van der Waals surface area contributed by atoms with Gasteiger partial charge in [0.2, 0.25) is 0 Å². The summed E-state index contributed by atoms with van der Waals surface area (Å²) in [6.45, 7) is 3.96. The summed E-state index contributed by atoms with van der Waals surface area (Å²) < 4.78 is 33.1. The maximum atomic E-state index is 12.6. The lowest BCUT2D eigenvalue weighted by Crippen LogP contribution is -2.23. The smallest absolute Gasteiger partial charge is 0.261 e. The lowest BCUT2D eigenvalue weighted by molar-refractivity contribution is 0.411. The first-order chi connectivity index (χ1) is 12.5. The Bertz CT molecular complexity index is 840. The van der Waals surface area contributed by atoms with Crippen LogP contribution in [0, 0.1) is 6.92 Å². The largest absolute Gasteiger partial charge is 0.496 e. The van der Waals surface area contributed by atoms with Crippen LogP contribution in [-0.4, -0.2) is 28.6 Å². The number of rotatable bonds is 5. The number of anilines is 2. The number of nitrogens with one attached hydrogen (secondary N) is 1. The van der Waals surface area contributed by atoms with Crippen molar-refractivity contribution in [3.63, 3.8) is 0 Å². The fourth-order valence-corrected chi connectivity index (χ4v) is 4.44. The van der Waals surface area contributed by atoms with Gasteiger partial charge >= 0.3 is 0 Å². The molecule has 0 aliphatic carbocycles. The SMILES string of the molecule is COc1ccc(S(=O)(=O)Nc2ccc(N3CCCCCC3)cc2)cc1C. The molecule has 2 aromatic carbocycles. The number of methoxy groups -OCH3 is 1. The number of aryl methyl sites for hydroxylation is 1. The van der Waals surface area contributed by atoms with E-state index in [-0.39, 0.29) is 4.90 Å². The first-order valence-corrected chi connectivity index (χ1v) is 10.5. The number of hydrogen-bond acceptors (Lipinski definition) is 4. The van der Waals surface area contributed by atoms with E-state index in [1.54, 1.807) is 25.3 Å². The molecule has 5 nitrogen and oxygen atoms in total. The second-order valence-corrected chi connectivity index (χ2v) is 8.37. The highest BCUT2D eigenvalue weighted by Gasteiger charge is 2.16. The molecule has 1 N–H and O–H groups in total.